The van der Waals surface area contributed by atoms with E-state index in [0.29, 0.717) is 11.3 Å². The highest BCUT2D eigenvalue weighted by molar-refractivity contribution is 6.28. The van der Waals surface area contributed by atoms with Crippen LogP contribution in [0.1, 0.15) is 24.8 Å². The van der Waals surface area contributed by atoms with Crippen molar-refractivity contribution in [2.45, 2.75) is 31.7 Å². The molecule has 4 nitrogen and oxygen atoms in total. The molecule has 1 aliphatic heterocycles. The third kappa shape index (κ3) is 3.07. The van der Waals surface area contributed by atoms with Crippen LogP contribution in [0.2, 0.25) is 5.28 Å². The zero-order valence-corrected chi connectivity index (χ0v) is 12.0. The fourth-order valence-electron chi connectivity index (χ4n) is 2.79. The summed E-state index contributed by atoms with van der Waals surface area (Å²) in [5.41, 5.74) is 1.32. The fraction of sp³-hybridized carbons (Fsp3) is 0.400. The SMILES string of the molecule is Clc1nccc(N2CCCC[C@@H]2Cc2ccncc2)n1. The van der Waals surface area contributed by atoms with Gasteiger partial charge in [-0.15, -0.1) is 0 Å². The van der Waals surface area contributed by atoms with Crippen LogP contribution < -0.4 is 4.90 Å². The normalized spacial score (nSPS) is 19.1. The molecule has 20 heavy (non-hydrogen) atoms. The Balaban J connectivity index is 1.80. The van der Waals surface area contributed by atoms with Crippen molar-refractivity contribution in [2.75, 3.05) is 11.4 Å². The van der Waals surface area contributed by atoms with Crippen molar-refractivity contribution < 1.29 is 0 Å². The van der Waals surface area contributed by atoms with Crippen LogP contribution in [-0.2, 0) is 6.42 Å². The summed E-state index contributed by atoms with van der Waals surface area (Å²) in [6, 6.07) is 6.58. The Morgan fingerprint density at radius 1 is 1.15 bits per heavy atom. The van der Waals surface area contributed by atoms with Gasteiger partial charge in [-0.3, -0.25) is 4.98 Å². The molecule has 0 aromatic carbocycles. The second kappa shape index (κ2) is 6.18. The fourth-order valence-corrected chi connectivity index (χ4v) is 2.93. The van der Waals surface area contributed by atoms with E-state index in [-0.39, 0.29) is 0 Å². The van der Waals surface area contributed by atoms with Gasteiger partial charge in [-0.25, -0.2) is 9.97 Å². The zero-order valence-electron chi connectivity index (χ0n) is 11.2. The second-order valence-electron chi connectivity index (χ2n) is 5.09. The molecule has 3 heterocycles. The number of nitrogens with zero attached hydrogens (tertiary/aromatic N) is 4. The van der Waals surface area contributed by atoms with Crippen molar-refractivity contribution in [3.05, 3.63) is 47.6 Å². The molecule has 3 rings (SSSR count). The quantitative estimate of drug-likeness (QED) is 0.814. The van der Waals surface area contributed by atoms with E-state index in [1.807, 2.05) is 18.5 Å². The number of anilines is 1. The summed E-state index contributed by atoms with van der Waals surface area (Å²) in [7, 11) is 0. The Morgan fingerprint density at radius 2 is 2.00 bits per heavy atom. The molecule has 2 aromatic heterocycles. The highest BCUT2D eigenvalue weighted by Crippen LogP contribution is 2.25. The molecule has 0 N–H and O–H groups in total. The standard InChI is InChI=1S/C15H17ClN4/c16-15-18-9-6-14(19-15)20-10-2-1-3-13(20)11-12-4-7-17-8-5-12/h4-9,13H,1-3,10-11H2/t13-/m1/s1. The largest absolute Gasteiger partial charge is 0.353 e. The molecule has 5 heteroatoms. The minimum absolute atomic E-state index is 0.315. The first kappa shape index (κ1) is 13.3. The van der Waals surface area contributed by atoms with Gasteiger partial charge in [0.25, 0.3) is 0 Å². The van der Waals surface area contributed by atoms with Crippen LogP contribution >= 0.6 is 11.6 Å². The van der Waals surface area contributed by atoms with E-state index in [4.69, 9.17) is 11.6 Å². The number of rotatable bonds is 3. The Kier molecular flexibility index (Phi) is 4.11. The summed E-state index contributed by atoms with van der Waals surface area (Å²) in [4.78, 5) is 14.8. The summed E-state index contributed by atoms with van der Waals surface area (Å²) >= 11 is 5.91. The van der Waals surface area contributed by atoms with Crippen LogP contribution in [0.25, 0.3) is 0 Å². The molecule has 0 aliphatic carbocycles. The lowest BCUT2D eigenvalue weighted by Gasteiger charge is -2.36. The van der Waals surface area contributed by atoms with E-state index in [0.717, 1.165) is 18.8 Å². The molecule has 0 bridgehead atoms. The smallest absolute Gasteiger partial charge is 0.224 e. The predicted molar refractivity (Wildman–Crippen MR) is 80.0 cm³/mol. The van der Waals surface area contributed by atoms with Crippen molar-refractivity contribution in [2.24, 2.45) is 0 Å². The monoisotopic (exact) mass is 288 g/mol. The number of piperidine rings is 1. The van der Waals surface area contributed by atoms with Gasteiger partial charge in [0.15, 0.2) is 0 Å². The third-order valence-corrected chi connectivity index (χ3v) is 3.94. The maximum atomic E-state index is 5.91. The van der Waals surface area contributed by atoms with E-state index in [9.17, 15) is 0 Å². The molecule has 1 aliphatic rings. The van der Waals surface area contributed by atoms with Gasteiger partial charge < -0.3 is 4.90 Å². The summed E-state index contributed by atoms with van der Waals surface area (Å²) in [6.07, 6.45) is 10.1. The van der Waals surface area contributed by atoms with Crippen molar-refractivity contribution in [3.63, 3.8) is 0 Å². The van der Waals surface area contributed by atoms with Crippen molar-refractivity contribution >= 4 is 17.4 Å². The van der Waals surface area contributed by atoms with Crippen LogP contribution in [0.4, 0.5) is 5.82 Å². The molecule has 0 spiro atoms. The van der Waals surface area contributed by atoms with E-state index in [2.05, 4.69) is 32.0 Å². The molecular formula is C15H17ClN4. The third-order valence-electron chi connectivity index (χ3n) is 3.75. The molecule has 0 radical (unpaired) electrons. The molecule has 0 saturated carbocycles. The highest BCUT2D eigenvalue weighted by atomic mass is 35.5. The topological polar surface area (TPSA) is 41.9 Å². The molecule has 0 amide bonds. The van der Waals surface area contributed by atoms with Crippen LogP contribution in [-0.4, -0.2) is 27.5 Å². The van der Waals surface area contributed by atoms with Gasteiger partial charge in [-0.2, -0.15) is 0 Å². The van der Waals surface area contributed by atoms with Crippen LogP contribution in [0.3, 0.4) is 0 Å². The van der Waals surface area contributed by atoms with Crippen molar-refractivity contribution in [3.8, 4) is 0 Å². The zero-order chi connectivity index (χ0) is 13.8. The molecule has 1 saturated heterocycles. The Morgan fingerprint density at radius 3 is 2.80 bits per heavy atom. The molecular weight excluding hydrogens is 272 g/mol. The summed E-state index contributed by atoms with van der Waals surface area (Å²) < 4.78 is 0. The van der Waals surface area contributed by atoms with Crippen molar-refractivity contribution in [1.82, 2.24) is 15.0 Å². The molecule has 2 aromatic rings. The number of hydrogen-bond acceptors (Lipinski definition) is 4. The molecule has 1 fully saturated rings. The maximum absolute atomic E-state index is 5.91. The van der Waals surface area contributed by atoms with Crippen LogP contribution in [0.5, 0.6) is 0 Å². The summed E-state index contributed by atoms with van der Waals surface area (Å²) in [5.74, 6) is 0.934. The van der Waals surface area contributed by atoms with Crippen molar-refractivity contribution in [1.29, 1.82) is 0 Å². The average Bonchev–Trinajstić information content (AvgIpc) is 2.49. The number of hydrogen-bond donors (Lipinski definition) is 0. The van der Waals surface area contributed by atoms with Gasteiger partial charge in [0.05, 0.1) is 0 Å². The van der Waals surface area contributed by atoms with Gasteiger partial charge in [0, 0.05) is 31.2 Å². The minimum atomic E-state index is 0.315. The lowest BCUT2D eigenvalue weighted by Crippen LogP contribution is -2.41. The van der Waals surface area contributed by atoms with E-state index in [1.165, 1.54) is 24.8 Å². The number of aromatic nitrogens is 3. The van der Waals surface area contributed by atoms with Gasteiger partial charge >= 0.3 is 0 Å². The van der Waals surface area contributed by atoms with Gasteiger partial charge in [0.1, 0.15) is 5.82 Å². The second-order valence-corrected chi connectivity index (χ2v) is 5.42. The van der Waals surface area contributed by atoms with Gasteiger partial charge in [0.2, 0.25) is 5.28 Å². The number of pyridine rings is 1. The molecule has 1 atom stereocenters. The molecule has 104 valence electrons. The average molecular weight is 289 g/mol. The lowest BCUT2D eigenvalue weighted by atomic mass is 9.96. The molecule has 0 unspecified atom stereocenters. The summed E-state index contributed by atoms with van der Waals surface area (Å²) in [5, 5.41) is 0.315. The first-order valence-electron chi connectivity index (χ1n) is 6.97. The first-order chi connectivity index (χ1) is 9.83. The Labute approximate surface area is 123 Å². The van der Waals surface area contributed by atoms with E-state index >= 15 is 0 Å². The van der Waals surface area contributed by atoms with Crippen LogP contribution in [0.15, 0.2) is 36.8 Å². The van der Waals surface area contributed by atoms with E-state index in [1.54, 1.807) is 6.20 Å². The van der Waals surface area contributed by atoms with E-state index < -0.39 is 0 Å². The van der Waals surface area contributed by atoms with Crippen LogP contribution in [0, 0.1) is 0 Å². The first-order valence-corrected chi connectivity index (χ1v) is 7.35. The maximum Gasteiger partial charge on any atom is 0.224 e. The number of halogens is 1. The van der Waals surface area contributed by atoms with Gasteiger partial charge in [-0.1, -0.05) is 0 Å². The minimum Gasteiger partial charge on any atom is -0.353 e. The highest BCUT2D eigenvalue weighted by Gasteiger charge is 2.24. The summed E-state index contributed by atoms with van der Waals surface area (Å²) in [6.45, 7) is 1.03. The van der Waals surface area contributed by atoms with Gasteiger partial charge in [-0.05, 0) is 61.0 Å². The predicted octanol–water partition coefficient (Wildman–Crippen LogP) is 3.13. The Hall–Kier alpha value is -1.68. The Bertz CT molecular complexity index is 561. The lowest BCUT2D eigenvalue weighted by molar-refractivity contribution is 0.453.